The molecule has 3 N–H and O–H groups in total. The topological polar surface area (TPSA) is 237 Å². The molecule has 0 aliphatic carbocycles. The van der Waals surface area contributed by atoms with E-state index in [9.17, 15) is 43.2 Å². The number of aliphatic hydroxyl groups is 1. The molecule has 0 heterocycles. The van der Waals surface area contributed by atoms with Crippen molar-refractivity contribution in [1.29, 1.82) is 0 Å². The number of carbonyl (C=O) groups excluding carboxylic acids is 4. The van der Waals surface area contributed by atoms with Crippen molar-refractivity contribution < 1.29 is 80.2 Å². The second-order valence-corrected chi connectivity index (χ2v) is 31.4. The summed E-state index contributed by atoms with van der Waals surface area (Å²) < 4.78 is 68.4. The maximum atomic E-state index is 13.1. The molecule has 19 heteroatoms. The average molecular weight is 1410 g/mol. The molecule has 17 nitrogen and oxygen atoms in total. The molecule has 570 valence electrons. The molecule has 0 spiro atoms. The van der Waals surface area contributed by atoms with Crippen molar-refractivity contribution >= 4 is 39.5 Å². The normalized spacial score (nSPS) is 14.3. The van der Waals surface area contributed by atoms with Gasteiger partial charge >= 0.3 is 39.5 Å². The number of unbranched alkanes of at least 4 members (excludes halogenated alkanes) is 45. The Hall–Kier alpha value is -1.94. The molecule has 0 radical (unpaired) electrons. The molecule has 0 saturated carbocycles. The van der Waals surface area contributed by atoms with Gasteiger partial charge in [-0.3, -0.25) is 37.3 Å². The molecule has 0 aliphatic rings. The van der Waals surface area contributed by atoms with E-state index >= 15 is 0 Å². The van der Waals surface area contributed by atoms with Crippen LogP contribution in [-0.2, 0) is 65.4 Å². The Balaban J connectivity index is 5.17. The van der Waals surface area contributed by atoms with E-state index in [1.165, 1.54) is 212 Å². The van der Waals surface area contributed by atoms with E-state index in [0.29, 0.717) is 25.7 Å². The lowest BCUT2D eigenvalue weighted by molar-refractivity contribution is -0.161. The van der Waals surface area contributed by atoms with Gasteiger partial charge in [-0.05, 0) is 37.5 Å². The Morgan fingerprint density at radius 2 is 0.531 bits per heavy atom. The van der Waals surface area contributed by atoms with Crippen LogP contribution in [0.2, 0.25) is 0 Å². The molecular weight excluding hydrogens is 1260 g/mol. The van der Waals surface area contributed by atoms with Crippen LogP contribution < -0.4 is 0 Å². The predicted molar refractivity (Wildman–Crippen MR) is 391 cm³/mol. The molecule has 3 unspecified atom stereocenters. The van der Waals surface area contributed by atoms with Crippen molar-refractivity contribution in [3.63, 3.8) is 0 Å². The molecule has 96 heavy (non-hydrogen) atoms. The minimum absolute atomic E-state index is 0.103. The molecule has 0 bridgehead atoms. The number of aliphatic hydroxyl groups excluding tert-OH is 1. The fourth-order valence-electron chi connectivity index (χ4n) is 11.8. The minimum Gasteiger partial charge on any atom is -0.462 e. The Morgan fingerprint density at radius 3 is 0.792 bits per heavy atom. The number of hydrogen-bond acceptors (Lipinski definition) is 15. The number of phosphoric acid groups is 2. The Kier molecular flexibility index (Phi) is 67.4. The fourth-order valence-corrected chi connectivity index (χ4v) is 13.4. The van der Waals surface area contributed by atoms with Gasteiger partial charge in [-0.2, -0.15) is 0 Å². The van der Waals surface area contributed by atoms with Crippen molar-refractivity contribution in [2.45, 2.75) is 419 Å². The Bertz CT molecular complexity index is 1860. The first-order valence-electron chi connectivity index (χ1n) is 40.0. The summed E-state index contributed by atoms with van der Waals surface area (Å²) in [4.78, 5) is 72.7. The highest BCUT2D eigenvalue weighted by Crippen LogP contribution is 2.45. The quantitative estimate of drug-likeness (QED) is 0.0222. The third-order valence-corrected chi connectivity index (χ3v) is 20.2. The summed E-state index contributed by atoms with van der Waals surface area (Å²) in [6.07, 6.45) is 57.2. The second-order valence-electron chi connectivity index (χ2n) is 28.5. The average Bonchev–Trinajstić information content (AvgIpc) is 3.47. The summed E-state index contributed by atoms with van der Waals surface area (Å²) in [5, 5.41) is 10.6. The lowest BCUT2D eigenvalue weighted by Crippen LogP contribution is -2.30. The molecule has 0 rings (SSSR count). The van der Waals surface area contributed by atoms with Gasteiger partial charge in [-0.1, -0.05) is 350 Å². The van der Waals surface area contributed by atoms with Crippen LogP contribution >= 0.6 is 15.6 Å². The number of rotatable bonds is 76. The summed E-state index contributed by atoms with van der Waals surface area (Å²) in [5.41, 5.74) is 0. The lowest BCUT2D eigenvalue weighted by Gasteiger charge is -2.21. The van der Waals surface area contributed by atoms with E-state index < -0.39 is 97.5 Å². The van der Waals surface area contributed by atoms with Crippen molar-refractivity contribution in [3.8, 4) is 0 Å². The van der Waals surface area contributed by atoms with E-state index in [4.69, 9.17) is 37.0 Å². The van der Waals surface area contributed by atoms with Crippen LogP contribution in [0, 0.1) is 11.8 Å². The van der Waals surface area contributed by atoms with Gasteiger partial charge in [0.1, 0.15) is 19.3 Å². The molecule has 0 saturated heterocycles. The van der Waals surface area contributed by atoms with Gasteiger partial charge in [-0.15, -0.1) is 0 Å². The number of esters is 4. The van der Waals surface area contributed by atoms with E-state index in [1.54, 1.807) is 0 Å². The van der Waals surface area contributed by atoms with Crippen LogP contribution in [0.4, 0.5) is 0 Å². The number of hydrogen-bond donors (Lipinski definition) is 3. The Labute approximate surface area is 588 Å². The van der Waals surface area contributed by atoms with Gasteiger partial charge < -0.3 is 33.8 Å². The summed E-state index contributed by atoms with van der Waals surface area (Å²) in [5.74, 6) is -0.602. The van der Waals surface area contributed by atoms with Crippen LogP contribution in [0.15, 0.2) is 0 Å². The zero-order chi connectivity index (χ0) is 70.7. The summed E-state index contributed by atoms with van der Waals surface area (Å²) in [6.45, 7) is 9.54. The first kappa shape index (κ1) is 94.1. The monoisotopic (exact) mass is 1410 g/mol. The van der Waals surface area contributed by atoms with Crippen LogP contribution in [0.1, 0.15) is 401 Å². The molecule has 0 aromatic carbocycles. The summed E-state index contributed by atoms with van der Waals surface area (Å²) in [6, 6.07) is 0. The zero-order valence-electron chi connectivity index (χ0n) is 62.7. The smallest absolute Gasteiger partial charge is 0.462 e. The molecule has 0 amide bonds. The van der Waals surface area contributed by atoms with Gasteiger partial charge in [0.2, 0.25) is 0 Å². The van der Waals surface area contributed by atoms with Crippen molar-refractivity contribution in [2.24, 2.45) is 11.8 Å². The van der Waals surface area contributed by atoms with E-state index in [0.717, 1.165) is 108 Å². The van der Waals surface area contributed by atoms with Gasteiger partial charge in [0.05, 0.1) is 26.4 Å². The summed E-state index contributed by atoms with van der Waals surface area (Å²) >= 11 is 0. The number of phosphoric ester groups is 2. The van der Waals surface area contributed by atoms with Gasteiger partial charge in [0, 0.05) is 25.7 Å². The summed E-state index contributed by atoms with van der Waals surface area (Å²) in [7, 11) is -9.91. The first-order valence-corrected chi connectivity index (χ1v) is 43.0. The Morgan fingerprint density at radius 1 is 0.302 bits per heavy atom. The third-order valence-electron chi connectivity index (χ3n) is 18.3. The fraction of sp³-hybridized carbons (Fsp3) is 0.948. The maximum absolute atomic E-state index is 13.1. The highest BCUT2D eigenvalue weighted by molar-refractivity contribution is 7.47. The third kappa shape index (κ3) is 69.2. The molecular formula is C77H150O17P2. The molecule has 6 atom stereocenters. The highest BCUT2D eigenvalue weighted by atomic mass is 31.2. The molecule has 0 aliphatic heterocycles. The van der Waals surface area contributed by atoms with Crippen molar-refractivity contribution in [1.82, 2.24) is 0 Å². The van der Waals surface area contributed by atoms with E-state index in [-0.39, 0.29) is 25.7 Å². The van der Waals surface area contributed by atoms with Gasteiger partial charge in [0.15, 0.2) is 12.2 Å². The minimum atomic E-state index is -4.96. The van der Waals surface area contributed by atoms with Crippen LogP contribution in [0.25, 0.3) is 0 Å². The highest BCUT2D eigenvalue weighted by Gasteiger charge is 2.30. The maximum Gasteiger partial charge on any atom is 0.472 e. The zero-order valence-corrected chi connectivity index (χ0v) is 64.5. The standard InChI is InChI=1S/C77H150O17P2/c1-7-10-12-14-16-18-19-20-21-22-23-24-25-26-27-32-35-38-42-49-55-61-76(81)93-72(65-88-75(80)60-54-48-41-37-34-31-29-28-30-33-36-39-45-51-57-69(4)5)67-91-95(83,84)89-63-71(78)64-90-96(85,86)92-68-73(66-87-74(79)59-53-47-40-17-15-13-11-8-2)94-77(82)62-56-50-44-43-46-52-58-70(6)9-3/h69-73,78H,7-68H2,1-6H3,(H,83,84)(H,85,86)/t70?,71-,72-,73-/m1/s1. The number of ether oxygens (including phenoxy) is 4. The first-order chi connectivity index (χ1) is 46.4. The van der Waals surface area contributed by atoms with Crippen molar-refractivity contribution in [3.05, 3.63) is 0 Å². The van der Waals surface area contributed by atoms with Crippen LogP contribution in [-0.4, -0.2) is 96.7 Å². The second kappa shape index (κ2) is 68.8. The van der Waals surface area contributed by atoms with Crippen molar-refractivity contribution in [2.75, 3.05) is 39.6 Å². The van der Waals surface area contributed by atoms with E-state index in [1.807, 2.05) is 0 Å². The van der Waals surface area contributed by atoms with Crippen LogP contribution in [0.5, 0.6) is 0 Å². The number of carbonyl (C=O) groups is 4. The lowest BCUT2D eigenvalue weighted by atomic mass is 10.00. The SMILES string of the molecule is CCCCCCCCCCCCCCCCCCCCCCCC(=O)O[C@H](COC(=O)CCCCCCCCCCCCCCCCC(C)C)COP(=O)(O)OC[C@@H](O)COP(=O)(O)OC[C@@H](COC(=O)CCCCCCCCCC)OC(=O)CCCCCCCCC(C)CC. The molecule has 0 aromatic rings. The molecule has 0 aromatic heterocycles. The van der Waals surface area contributed by atoms with Gasteiger partial charge in [0.25, 0.3) is 0 Å². The molecule has 0 fully saturated rings. The van der Waals surface area contributed by atoms with Crippen LogP contribution in [0.3, 0.4) is 0 Å². The van der Waals surface area contributed by atoms with E-state index in [2.05, 4.69) is 41.5 Å². The largest absolute Gasteiger partial charge is 0.472 e. The van der Waals surface area contributed by atoms with Gasteiger partial charge in [-0.25, -0.2) is 9.13 Å². The predicted octanol–water partition coefficient (Wildman–Crippen LogP) is 22.7.